The molecular formula is C19H25BrN4O3. The van der Waals surface area contributed by atoms with E-state index in [1.165, 1.54) is 4.68 Å². The molecule has 2 aromatic rings. The lowest BCUT2D eigenvalue weighted by Crippen LogP contribution is -2.38. The van der Waals surface area contributed by atoms with Crippen LogP contribution in [-0.4, -0.2) is 52.0 Å². The van der Waals surface area contributed by atoms with E-state index in [0.717, 1.165) is 23.1 Å². The summed E-state index contributed by atoms with van der Waals surface area (Å²) in [6.07, 6.45) is 1.61. The van der Waals surface area contributed by atoms with Crippen molar-refractivity contribution in [1.29, 1.82) is 0 Å². The second kappa shape index (κ2) is 8.84. The highest BCUT2D eigenvalue weighted by atomic mass is 79.9. The minimum atomic E-state index is -0.0859. The van der Waals surface area contributed by atoms with Crippen LogP contribution in [0.2, 0.25) is 0 Å². The molecule has 0 atom stereocenters. The molecule has 0 bridgehead atoms. The van der Waals surface area contributed by atoms with E-state index in [9.17, 15) is 9.59 Å². The van der Waals surface area contributed by atoms with E-state index in [2.05, 4.69) is 21.0 Å². The number of halogens is 1. The van der Waals surface area contributed by atoms with Gasteiger partial charge in [-0.2, -0.15) is 5.10 Å². The number of aromatic nitrogens is 3. The van der Waals surface area contributed by atoms with Crippen molar-refractivity contribution in [2.75, 3.05) is 26.8 Å². The Labute approximate surface area is 167 Å². The summed E-state index contributed by atoms with van der Waals surface area (Å²) in [7, 11) is 1.61. The van der Waals surface area contributed by atoms with Gasteiger partial charge in [-0.15, -0.1) is 0 Å². The highest BCUT2D eigenvalue weighted by Gasteiger charge is 2.28. The Morgan fingerprint density at radius 3 is 2.70 bits per heavy atom. The summed E-state index contributed by atoms with van der Waals surface area (Å²) < 4.78 is 9.19. The third-order valence-corrected chi connectivity index (χ3v) is 5.49. The summed E-state index contributed by atoms with van der Waals surface area (Å²) in [6.45, 7) is 4.80. The lowest BCUT2D eigenvalue weighted by molar-refractivity contribution is 0.0710. The van der Waals surface area contributed by atoms with Crippen LogP contribution in [-0.2, 0) is 17.8 Å². The summed E-state index contributed by atoms with van der Waals surface area (Å²) in [4.78, 5) is 27.1. The summed E-state index contributed by atoms with van der Waals surface area (Å²) in [5.74, 6) is 1.06. The average molecular weight is 437 g/mol. The van der Waals surface area contributed by atoms with Crippen LogP contribution >= 0.6 is 15.9 Å². The lowest BCUT2D eigenvalue weighted by Gasteiger charge is -2.31. The summed E-state index contributed by atoms with van der Waals surface area (Å²) in [5.41, 5.74) is 0.606. The number of benzene rings is 1. The van der Waals surface area contributed by atoms with E-state index in [0.29, 0.717) is 38.3 Å². The van der Waals surface area contributed by atoms with Crippen LogP contribution in [0.4, 0.5) is 0 Å². The zero-order valence-electron chi connectivity index (χ0n) is 15.7. The van der Waals surface area contributed by atoms with Crippen molar-refractivity contribution in [2.24, 2.45) is 0 Å². The van der Waals surface area contributed by atoms with E-state index >= 15 is 0 Å². The van der Waals surface area contributed by atoms with Crippen molar-refractivity contribution >= 4 is 21.8 Å². The molecule has 1 amide bonds. The minimum Gasteiger partial charge on any atom is -0.383 e. The normalized spacial score (nSPS) is 15.3. The van der Waals surface area contributed by atoms with Crippen molar-refractivity contribution in [3.63, 3.8) is 0 Å². The number of carbonyl (C=O) groups is 1. The number of hydrogen-bond donors (Lipinski definition) is 0. The fourth-order valence-electron chi connectivity index (χ4n) is 3.53. The molecule has 0 radical (unpaired) electrons. The average Bonchev–Trinajstić information content (AvgIpc) is 3.01. The summed E-state index contributed by atoms with van der Waals surface area (Å²) in [6, 6.07) is 7.47. The SMILES string of the molecule is CCn1c(C2CCN(C(=O)c3cccc(Br)c3)CC2)nn(CCOC)c1=O. The number of ether oxygens (including phenoxy) is 1. The summed E-state index contributed by atoms with van der Waals surface area (Å²) in [5, 5.41) is 4.56. The molecule has 1 aliphatic heterocycles. The first kappa shape index (κ1) is 19.8. The van der Waals surface area contributed by atoms with Gasteiger partial charge in [0.2, 0.25) is 0 Å². The Morgan fingerprint density at radius 2 is 2.07 bits per heavy atom. The number of amides is 1. The van der Waals surface area contributed by atoms with Gasteiger partial charge in [0.15, 0.2) is 0 Å². The maximum Gasteiger partial charge on any atom is 0.345 e. The maximum atomic E-state index is 12.7. The smallest absolute Gasteiger partial charge is 0.345 e. The van der Waals surface area contributed by atoms with Crippen molar-refractivity contribution < 1.29 is 9.53 Å². The Balaban J connectivity index is 1.70. The van der Waals surface area contributed by atoms with Crippen LogP contribution in [0.25, 0.3) is 0 Å². The van der Waals surface area contributed by atoms with Gasteiger partial charge in [-0.25, -0.2) is 9.48 Å². The third-order valence-electron chi connectivity index (χ3n) is 4.99. The molecule has 1 aromatic carbocycles. The number of nitrogens with zero attached hydrogens (tertiary/aromatic N) is 4. The first-order chi connectivity index (χ1) is 13.0. The van der Waals surface area contributed by atoms with Crippen molar-refractivity contribution in [2.45, 2.75) is 38.8 Å². The molecule has 1 aliphatic rings. The van der Waals surface area contributed by atoms with Crippen molar-refractivity contribution in [3.8, 4) is 0 Å². The Morgan fingerprint density at radius 1 is 1.33 bits per heavy atom. The third kappa shape index (κ3) is 4.32. The molecular weight excluding hydrogens is 412 g/mol. The molecule has 27 heavy (non-hydrogen) atoms. The van der Waals surface area contributed by atoms with Crippen LogP contribution in [0.15, 0.2) is 33.5 Å². The molecule has 2 heterocycles. The molecule has 0 unspecified atom stereocenters. The van der Waals surface area contributed by atoms with Gasteiger partial charge in [0, 0.05) is 42.7 Å². The van der Waals surface area contributed by atoms with E-state index < -0.39 is 0 Å². The fraction of sp³-hybridized carbons (Fsp3) is 0.526. The molecule has 1 fully saturated rings. The van der Waals surface area contributed by atoms with Crippen LogP contribution in [0.1, 0.15) is 41.9 Å². The Kier molecular flexibility index (Phi) is 6.49. The maximum absolute atomic E-state index is 12.7. The minimum absolute atomic E-state index is 0.0493. The zero-order valence-corrected chi connectivity index (χ0v) is 17.3. The lowest BCUT2D eigenvalue weighted by atomic mass is 9.95. The largest absolute Gasteiger partial charge is 0.383 e. The number of likely N-dealkylation sites (tertiary alicyclic amines) is 1. The molecule has 1 saturated heterocycles. The second-order valence-electron chi connectivity index (χ2n) is 6.68. The van der Waals surface area contributed by atoms with E-state index in [1.807, 2.05) is 36.1 Å². The zero-order chi connectivity index (χ0) is 19.4. The van der Waals surface area contributed by atoms with E-state index in [4.69, 9.17) is 4.74 Å². The second-order valence-corrected chi connectivity index (χ2v) is 7.59. The highest BCUT2D eigenvalue weighted by Crippen LogP contribution is 2.27. The number of methoxy groups -OCH3 is 1. The van der Waals surface area contributed by atoms with Gasteiger partial charge in [-0.1, -0.05) is 22.0 Å². The molecule has 3 rings (SSSR count). The number of rotatable bonds is 6. The molecule has 0 spiro atoms. The first-order valence-electron chi connectivity index (χ1n) is 9.26. The molecule has 0 saturated carbocycles. The van der Waals surface area contributed by atoms with Gasteiger partial charge in [0.05, 0.1) is 13.2 Å². The molecule has 8 heteroatoms. The van der Waals surface area contributed by atoms with Crippen molar-refractivity contribution in [3.05, 3.63) is 50.6 Å². The molecule has 1 aromatic heterocycles. The van der Waals surface area contributed by atoms with Gasteiger partial charge in [0.25, 0.3) is 5.91 Å². The Bertz CT molecular complexity index is 853. The predicted molar refractivity (Wildman–Crippen MR) is 106 cm³/mol. The van der Waals surface area contributed by atoms with Gasteiger partial charge in [0.1, 0.15) is 5.82 Å². The van der Waals surface area contributed by atoms with Crippen molar-refractivity contribution in [1.82, 2.24) is 19.2 Å². The van der Waals surface area contributed by atoms with Gasteiger partial charge < -0.3 is 9.64 Å². The molecule has 0 N–H and O–H groups in total. The predicted octanol–water partition coefficient (Wildman–Crippen LogP) is 2.49. The number of hydrogen-bond acceptors (Lipinski definition) is 4. The molecule has 146 valence electrons. The van der Waals surface area contributed by atoms with E-state index in [-0.39, 0.29) is 17.5 Å². The molecule has 7 nitrogen and oxygen atoms in total. The summed E-state index contributed by atoms with van der Waals surface area (Å²) >= 11 is 3.41. The highest BCUT2D eigenvalue weighted by molar-refractivity contribution is 9.10. The first-order valence-corrected chi connectivity index (χ1v) is 10.1. The standard InChI is InChI=1S/C19H25BrN4O3/c1-3-23-17(21-24(19(23)26)11-12-27-2)14-7-9-22(10-8-14)18(25)15-5-4-6-16(20)13-15/h4-6,13-14H,3,7-12H2,1-2H3. The number of piperidine rings is 1. The van der Waals surface area contributed by atoms with E-state index in [1.54, 1.807) is 11.7 Å². The van der Waals surface area contributed by atoms with Crippen LogP contribution in [0, 0.1) is 0 Å². The van der Waals surface area contributed by atoms with Gasteiger partial charge in [-0.05, 0) is 38.0 Å². The Hall–Kier alpha value is -1.93. The monoisotopic (exact) mass is 436 g/mol. The van der Waals surface area contributed by atoms with Gasteiger partial charge in [-0.3, -0.25) is 9.36 Å². The van der Waals surface area contributed by atoms with Crippen LogP contribution in [0.3, 0.4) is 0 Å². The number of carbonyl (C=O) groups excluding carboxylic acids is 1. The van der Waals surface area contributed by atoms with Crippen LogP contribution in [0.5, 0.6) is 0 Å². The molecule has 0 aliphatic carbocycles. The quantitative estimate of drug-likeness (QED) is 0.697. The van der Waals surface area contributed by atoms with Crippen LogP contribution < -0.4 is 5.69 Å². The fourth-order valence-corrected chi connectivity index (χ4v) is 3.92. The topological polar surface area (TPSA) is 69.4 Å². The van der Waals surface area contributed by atoms with Gasteiger partial charge >= 0.3 is 5.69 Å².